The van der Waals surface area contributed by atoms with Crippen molar-refractivity contribution in [3.8, 4) is 22.3 Å². The van der Waals surface area contributed by atoms with Crippen LogP contribution in [0, 0.1) is 6.92 Å². The van der Waals surface area contributed by atoms with Gasteiger partial charge in [0.15, 0.2) is 0 Å². The molecule has 0 aliphatic carbocycles. The SMILES string of the molecule is Cc1oc(-c2cccs2)nc1CCOc1ccc(CC(C)(Oc2ccc(C(C)(C)C)cc2)C(=O)O)cc1. The van der Waals surface area contributed by atoms with E-state index in [4.69, 9.17) is 13.9 Å². The summed E-state index contributed by atoms with van der Waals surface area (Å²) in [4.78, 5) is 17.7. The summed E-state index contributed by atoms with van der Waals surface area (Å²) in [6, 6.07) is 19.0. The van der Waals surface area contributed by atoms with E-state index in [1.54, 1.807) is 18.3 Å². The first-order valence-corrected chi connectivity index (χ1v) is 13.2. The summed E-state index contributed by atoms with van der Waals surface area (Å²) < 4.78 is 17.7. The van der Waals surface area contributed by atoms with E-state index in [0.29, 0.717) is 30.4 Å². The first-order chi connectivity index (χ1) is 17.5. The monoisotopic (exact) mass is 519 g/mol. The molecule has 4 aromatic rings. The Balaban J connectivity index is 1.34. The minimum Gasteiger partial charge on any atom is -0.493 e. The van der Waals surface area contributed by atoms with Crippen LogP contribution >= 0.6 is 11.3 Å². The maximum atomic E-state index is 12.1. The topological polar surface area (TPSA) is 81.8 Å². The molecule has 2 heterocycles. The molecule has 4 rings (SSSR count). The molecule has 0 bridgehead atoms. The van der Waals surface area contributed by atoms with Gasteiger partial charge >= 0.3 is 5.97 Å². The molecule has 0 aliphatic heterocycles. The predicted molar refractivity (Wildman–Crippen MR) is 146 cm³/mol. The molecule has 0 spiro atoms. The number of carboxylic acids is 1. The first-order valence-electron chi connectivity index (χ1n) is 12.3. The Bertz CT molecular complexity index is 1320. The third-order valence-corrected chi connectivity index (χ3v) is 7.07. The molecule has 1 unspecified atom stereocenters. The van der Waals surface area contributed by atoms with Crippen LogP contribution in [0.5, 0.6) is 11.5 Å². The molecule has 7 heteroatoms. The molecule has 0 radical (unpaired) electrons. The highest BCUT2D eigenvalue weighted by molar-refractivity contribution is 7.13. The quantitative estimate of drug-likeness (QED) is 0.241. The van der Waals surface area contributed by atoms with E-state index in [-0.39, 0.29) is 11.8 Å². The number of ether oxygens (including phenoxy) is 2. The number of hydrogen-bond acceptors (Lipinski definition) is 6. The van der Waals surface area contributed by atoms with Crippen LogP contribution in [-0.2, 0) is 23.1 Å². The Morgan fingerprint density at radius 2 is 1.68 bits per heavy atom. The van der Waals surface area contributed by atoms with E-state index in [1.165, 1.54) is 0 Å². The van der Waals surface area contributed by atoms with Crippen LogP contribution in [0.3, 0.4) is 0 Å². The number of carbonyl (C=O) groups is 1. The Morgan fingerprint density at radius 1 is 1.00 bits per heavy atom. The van der Waals surface area contributed by atoms with Crippen molar-refractivity contribution in [3.05, 3.63) is 88.6 Å². The van der Waals surface area contributed by atoms with Crippen molar-refractivity contribution < 1.29 is 23.8 Å². The molecule has 0 fully saturated rings. The van der Waals surface area contributed by atoms with Crippen molar-refractivity contribution >= 4 is 17.3 Å². The van der Waals surface area contributed by atoms with Gasteiger partial charge < -0.3 is 19.0 Å². The molecule has 1 N–H and O–H groups in total. The third-order valence-electron chi connectivity index (χ3n) is 6.21. The van der Waals surface area contributed by atoms with Gasteiger partial charge in [0.2, 0.25) is 11.5 Å². The van der Waals surface area contributed by atoms with Crippen LogP contribution in [0.4, 0.5) is 0 Å². The third kappa shape index (κ3) is 6.60. The molecule has 194 valence electrons. The Hall–Kier alpha value is -3.58. The van der Waals surface area contributed by atoms with Crippen molar-refractivity contribution in [2.24, 2.45) is 0 Å². The molecule has 0 amide bonds. The fourth-order valence-electron chi connectivity index (χ4n) is 3.96. The van der Waals surface area contributed by atoms with E-state index in [0.717, 1.165) is 27.5 Å². The van der Waals surface area contributed by atoms with Crippen molar-refractivity contribution in [1.29, 1.82) is 0 Å². The number of oxazole rings is 1. The number of thiophene rings is 1. The average Bonchev–Trinajstić information content (AvgIpc) is 3.50. The van der Waals surface area contributed by atoms with E-state index in [1.807, 2.05) is 73.0 Å². The van der Waals surface area contributed by atoms with Gasteiger partial charge in [-0.3, -0.25) is 0 Å². The highest BCUT2D eigenvalue weighted by Crippen LogP contribution is 2.29. The minimum atomic E-state index is -1.41. The van der Waals surface area contributed by atoms with Gasteiger partial charge in [0, 0.05) is 12.8 Å². The fraction of sp³-hybridized carbons (Fsp3) is 0.333. The lowest BCUT2D eigenvalue weighted by molar-refractivity contribution is -0.153. The van der Waals surface area contributed by atoms with Gasteiger partial charge in [-0.15, -0.1) is 11.3 Å². The lowest BCUT2D eigenvalue weighted by Crippen LogP contribution is -2.43. The zero-order valence-electron chi connectivity index (χ0n) is 21.9. The van der Waals surface area contributed by atoms with Gasteiger partial charge in [-0.05, 0) is 66.1 Å². The van der Waals surface area contributed by atoms with Crippen LogP contribution in [-0.4, -0.2) is 28.3 Å². The molecule has 0 saturated heterocycles. The fourth-order valence-corrected chi connectivity index (χ4v) is 4.61. The number of aliphatic carboxylic acids is 1. The number of hydrogen-bond donors (Lipinski definition) is 1. The van der Waals surface area contributed by atoms with Gasteiger partial charge in [-0.2, -0.15) is 0 Å². The van der Waals surface area contributed by atoms with E-state index in [9.17, 15) is 9.90 Å². The van der Waals surface area contributed by atoms with E-state index >= 15 is 0 Å². The molecule has 6 nitrogen and oxygen atoms in total. The maximum absolute atomic E-state index is 12.1. The van der Waals surface area contributed by atoms with Crippen LogP contribution in [0.2, 0.25) is 0 Å². The average molecular weight is 520 g/mol. The lowest BCUT2D eigenvalue weighted by atomic mass is 9.87. The van der Waals surface area contributed by atoms with Crippen molar-refractivity contribution in [3.63, 3.8) is 0 Å². The van der Waals surface area contributed by atoms with Gasteiger partial charge in [0.05, 0.1) is 17.2 Å². The van der Waals surface area contributed by atoms with Crippen molar-refractivity contribution in [1.82, 2.24) is 4.98 Å². The summed E-state index contributed by atoms with van der Waals surface area (Å²) >= 11 is 1.59. The molecular formula is C30H33NO5S. The Morgan fingerprint density at radius 3 is 2.27 bits per heavy atom. The number of nitrogens with zero attached hydrogens (tertiary/aromatic N) is 1. The summed E-state index contributed by atoms with van der Waals surface area (Å²) in [5.74, 6) is 1.66. The number of carboxylic acid groups (broad SMARTS) is 1. The zero-order chi connectivity index (χ0) is 26.6. The minimum absolute atomic E-state index is 0.0133. The number of aryl methyl sites for hydroxylation is 1. The summed E-state index contributed by atoms with van der Waals surface area (Å²) in [6.45, 7) is 10.4. The number of rotatable bonds is 10. The first kappa shape index (κ1) is 26.5. The largest absolute Gasteiger partial charge is 0.493 e. The number of benzene rings is 2. The summed E-state index contributed by atoms with van der Waals surface area (Å²) in [5, 5.41) is 11.9. The molecule has 2 aromatic carbocycles. The van der Waals surface area contributed by atoms with Gasteiger partial charge in [0.1, 0.15) is 17.3 Å². The summed E-state index contributed by atoms with van der Waals surface area (Å²) in [7, 11) is 0. The van der Waals surface area contributed by atoms with Crippen LogP contribution in [0.15, 0.2) is 70.5 Å². The Kier molecular flexibility index (Phi) is 7.73. The molecule has 0 aliphatic rings. The predicted octanol–water partition coefficient (Wildman–Crippen LogP) is 7.10. The van der Waals surface area contributed by atoms with Crippen molar-refractivity contribution in [2.75, 3.05) is 6.61 Å². The standard InChI is InChI=1S/C30H33NO5S/c1-20-25(31-27(35-20)26-7-6-18-37-26)16-17-34-23-12-8-21(9-13-23)19-30(5,28(32)33)36-24-14-10-22(11-15-24)29(2,3)4/h6-15,18H,16-17,19H2,1-5H3,(H,32,33). The summed E-state index contributed by atoms with van der Waals surface area (Å²) in [5.41, 5.74) is 1.49. The number of aromatic nitrogens is 1. The Labute approximate surface area is 221 Å². The second kappa shape index (κ2) is 10.8. The van der Waals surface area contributed by atoms with E-state index < -0.39 is 11.6 Å². The van der Waals surface area contributed by atoms with Gasteiger partial charge in [-0.25, -0.2) is 9.78 Å². The maximum Gasteiger partial charge on any atom is 0.348 e. The van der Waals surface area contributed by atoms with Crippen molar-refractivity contribution in [2.45, 2.75) is 58.5 Å². The second-order valence-corrected chi connectivity index (χ2v) is 11.3. The van der Waals surface area contributed by atoms with E-state index in [2.05, 4.69) is 25.8 Å². The van der Waals surface area contributed by atoms with Gasteiger partial charge in [0.25, 0.3) is 0 Å². The highest BCUT2D eigenvalue weighted by Gasteiger charge is 2.36. The summed E-state index contributed by atoms with van der Waals surface area (Å²) in [6.07, 6.45) is 0.842. The molecular weight excluding hydrogens is 486 g/mol. The lowest BCUT2D eigenvalue weighted by Gasteiger charge is -2.27. The smallest absolute Gasteiger partial charge is 0.348 e. The van der Waals surface area contributed by atoms with Crippen LogP contribution < -0.4 is 9.47 Å². The highest BCUT2D eigenvalue weighted by atomic mass is 32.1. The molecule has 37 heavy (non-hydrogen) atoms. The zero-order valence-corrected chi connectivity index (χ0v) is 22.7. The molecule has 0 saturated carbocycles. The van der Waals surface area contributed by atoms with Crippen LogP contribution in [0.25, 0.3) is 10.8 Å². The molecule has 2 aromatic heterocycles. The molecule has 1 atom stereocenters. The van der Waals surface area contributed by atoms with Gasteiger partial charge in [-0.1, -0.05) is 51.1 Å². The second-order valence-electron chi connectivity index (χ2n) is 10.3. The normalized spacial score (nSPS) is 13.2. The van der Waals surface area contributed by atoms with Crippen LogP contribution in [0.1, 0.15) is 50.3 Å².